The summed E-state index contributed by atoms with van der Waals surface area (Å²) in [6.07, 6.45) is -2.11. The summed E-state index contributed by atoms with van der Waals surface area (Å²) >= 11 is 0. The molecule has 0 bridgehead atoms. The third-order valence-electron chi connectivity index (χ3n) is 11.0. The van der Waals surface area contributed by atoms with Crippen LogP contribution >= 0.6 is 0 Å². The molecular weight excluding hydrogens is 941 g/mol. The molecule has 0 spiro atoms. The second-order valence-corrected chi connectivity index (χ2v) is 22.3. The first-order chi connectivity index (χ1) is 34.0. The largest absolute Gasteiger partial charge is 0.506 e. The number of nitrogens with zero attached hydrogens (tertiary/aromatic N) is 4. The van der Waals surface area contributed by atoms with Gasteiger partial charge in [-0.3, -0.25) is 9.59 Å². The maximum atomic E-state index is 14.8. The minimum absolute atomic E-state index is 0.0435. The summed E-state index contributed by atoms with van der Waals surface area (Å²) in [5.41, 5.74) is -2.33. The summed E-state index contributed by atoms with van der Waals surface area (Å²) < 4.78 is 22.3. The van der Waals surface area contributed by atoms with Gasteiger partial charge in [-0.05, 0) is 138 Å². The molecule has 21 heteroatoms. The molecule has 3 aromatic carbocycles. The van der Waals surface area contributed by atoms with Gasteiger partial charge in [-0.15, -0.1) is 10.2 Å². The second kappa shape index (κ2) is 22.0. The van der Waals surface area contributed by atoms with Crippen LogP contribution in [-0.4, -0.2) is 124 Å². The average molecular weight is 1010 g/mol. The number of alkyl carbamates (subject to hydrolysis) is 4. The van der Waals surface area contributed by atoms with Gasteiger partial charge < -0.3 is 65.8 Å². The van der Waals surface area contributed by atoms with E-state index in [0.29, 0.717) is 23.2 Å². The van der Waals surface area contributed by atoms with E-state index >= 15 is 0 Å². The lowest BCUT2D eigenvalue weighted by molar-refractivity contribution is 0.0452. The Morgan fingerprint density at radius 1 is 0.507 bits per heavy atom. The third kappa shape index (κ3) is 16.5. The molecule has 6 amide bonds. The van der Waals surface area contributed by atoms with Gasteiger partial charge in [0, 0.05) is 42.9 Å². The van der Waals surface area contributed by atoms with Crippen molar-refractivity contribution in [3.05, 3.63) is 77.9 Å². The summed E-state index contributed by atoms with van der Waals surface area (Å²) in [4.78, 5) is 84.1. The number of anilines is 4. The lowest BCUT2D eigenvalue weighted by atomic mass is 9.99. The predicted molar refractivity (Wildman–Crippen MR) is 276 cm³/mol. The summed E-state index contributed by atoms with van der Waals surface area (Å²) in [6.45, 7) is 21.5. The number of phenols is 1. The van der Waals surface area contributed by atoms with Crippen LogP contribution in [0.5, 0.6) is 5.75 Å². The van der Waals surface area contributed by atoms with E-state index < -0.39 is 82.8 Å². The van der Waals surface area contributed by atoms with Gasteiger partial charge in [-0.1, -0.05) is 30.3 Å². The Morgan fingerprint density at radius 2 is 0.890 bits per heavy atom. The molecule has 73 heavy (non-hydrogen) atoms. The summed E-state index contributed by atoms with van der Waals surface area (Å²) in [7, 11) is 0. The molecule has 2 aliphatic heterocycles. The van der Waals surface area contributed by atoms with E-state index in [1.54, 1.807) is 147 Å². The molecule has 0 saturated carbocycles. The molecule has 4 aromatic rings. The Kier molecular flexibility index (Phi) is 16.5. The number of rotatable bonds is 10. The number of aromatic nitrogens is 2. The molecule has 394 valence electrons. The van der Waals surface area contributed by atoms with Gasteiger partial charge >= 0.3 is 24.4 Å². The van der Waals surface area contributed by atoms with Crippen molar-refractivity contribution in [3.63, 3.8) is 0 Å². The van der Waals surface area contributed by atoms with Gasteiger partial charge in [0.1, 0.15) is 28.2 Å². The fourth-order valence-corrected chi connectivity index (χ4v) is 8.28. The monoisotopic (exact) mass is 1010 g/mol. The average Bonchev–Trinajstić information content (AvgIpc) is 3.24. The van der Waals surface area contributed by atoms with Gasteiger partial charge in [0.05, 0.1) is 35.3 Å². The quantitative estimate of drug-likeness (QED) is 0.0747. The zero-order valence-corrected chi connectivity index (χ0v) is 43.7. The fraction of sp³-hybridized carbons (Fsp3) is 0.500. The van der Waals surface area contributed by atoms with Crippen molar-refractivity contribution in [3.8, 4) is 5.75 Å². The van der Waals surface area contributed by atoms with Crippen LogP contribution in [0.1, 0.15) is 117 Å². The van der Waals surface area contributed by atoms with E-state index in [1.165, 1.54) is 0 Å². The van der Waals surface area contributed by atoms with Crippen LogP contribution in [0.2, 0.25) is 0 Å². The predicted octanol–water partition coefficient (Wildman–Crippen LogP) is 7.83. The second-order valence-electron chi connectivity index (χ2n) is 22.3. The van der Waals surface area contributed by atoms with Crippen molar-refractivity contribution in [1.82, 2.24) is 31.5 Å². The SMILES string of the molecule is CC(C)(C)OC(=O)N[C@@H]1C[C@H](NC(=O)OC(C)(C)C)CN(c2nnc(N3C[C@@H](NC(=O)OC(C)(C)C)C[C@H](NC(=O)OC(C)(C)C)C3)cc2C(=O)Nc2ccc(NC(=O)c3ccc4ccccc4c3O)cc2)C1. The minimum atomic E-state index is -0.805. The van der Waals surface area contributed by atoms with Crippen LogP contribution in [0.3, 0.4) is 0 Å². The van der Waals surface area contributed by atoms with E-state index in [9.17, 15) is 33.9 Å². The van der Waals surface area contributed by atoms with Gasteiger partial charge in [-0.25, -0.2) is 19.2 Å². The number of amides is 6. The highest BCUT2D eigenvalue weighted by molar-refractivity contribution is 6.10. The number of carbonyl (C=O) groups excluding carboxylic acids is 6. The van der Waals surface area contributed by atoms with Crippen molar-refractivity contribution in [2.24, 2.45) is 0 Å². The molecule has 0 unspecified atom stereocenters. The minimum Gasteiger partial charge on any atom is -0.506 e. The smallest absolute Gasteiger partial charge is 0.407 e. The highest BCUT2D eigenvalue weighted by Crippen LogP contribution is 2.31. The van der Waals surface area contributed by atoms with Crippen LogP contribution in [0.15, 0.2) is 66.7 Å². The number of benzene rings is 3. The van der Waals surface area contributed by atoms with Crippen LogP contribution in [0.25, 0.3) is 10.8 Å². The van der Waals surface area contributed by atoms with Crippen molar-refractivity contribution < 1.29 is 52.8 Å². The number of phenolic OH excluding ortho intramolecular Hbond substituents is 1. The normalized spacial score (nSPS) is 18.4. The number of hydrogen-bond acceptors (Lipinski definition) is 15. The Labute approximate surface area is 425 Å². The number of aromatic hydroxyl groups is 1. The number of nitrogens with one attached hydrogen (secondary N) is 6. The van der Waals surface area contributed by atoms with E-state index in [4.69, 9.17) is 18.9 Å². The molecule has 3 heterocycles. The zero-order chi connectivity index (χ0) is 53.6. The first-order valence-corrected chi connectivity index (χ1v) is 24.2. The van der Waals surface area contributed by atoms with Crippen LogP contribution in [-0.2, 0) is 18.9 Å². The van der Waals surface area contributed by atoms with E-state index in [2.05, 4.69) is 42.1 Å². The molecule has 4 atom stereocenters. The highest BCUT2D eigenvalue weighted by atomic mass is 16.6. The topological polar surface area (TPSA) is 264 Å². The maximum Gasteiger partial charge on any atom is 0.407 e. The molecule has 2 saturated heterocycles. The molecule has 2 fully saturated rings. The lowest BCUT2D eigenvalue weighted by Crippen LogP contribution is -2.58. The number of fused-ring (bicyclic) bond motifs is 1. The van der Waals surface area contributed by atoms with Crippen molar-refractivity contribution in [1.29, 1.82) is 0 Å². The maximum absolute atomic E-state index is 14.8. The first-order valence-electron chi connectivity index (χ1n) is 24.2. The van der Waals surface area contributed by atoms with Crippen molar-refractivity contribution in [2.45, 2.75) is 142 Å². The van der Waals surface area contributed by atoms with Gasteiger partial charge in [0.25, 0.3) is 11.8 Å². The third-order valence-corrected chi connectivity index (χ3v) is 11.0. The number of hydrogen-bond donors (Lipinski definition) is 7. The van der Waals surface area contributed by atoms with Crippen molar-refractivity contribution >= 4 is 70.0 Å². The molecular formula is C52H70N10O11. The fourth-order valence-electron chi connectivity index (χ4n) is 8.28. The van der Waals surface area contributed by atoms with E-state index in [-0.39, 0.29) is 61.1 Å². The van der Waals surface area contributed by atoms with E-state index in [0.717, 1.165) is 5.39 Å². The van der Waals surface area contributed by atoms with Crippen LogP contribution in [0, 0.1) is 0 Å². The number of ether oxygens (including phenoxy) is 4. The van der Waals surface area contributed by atoms with Gasteiger partial charge in [0.2, 0.25) is 0 Å². The Morgan fingerprint density at radius 3 is 1.30 bits per heavy atom. The standard InChI is InChI=1S/C52H70N10O11/c1-49(2,3)70-45(66)55-33-23-34(56-46(67)71-50(4,5)6)27-61(26-33)40-25-39(44(65)54-32-20-18-31(19-21-32)53-43(64)38-22-17-30-15-13-14-16-37(30)41(38)63)42(60-59-40)62-28-35(57-47(68)72-51(7,8)9)24-36(29-62)58-48(69)73-52(10,11)12/h13-22,25,33-36,63H,23-24,26-29H2,1-12H3,(H,53,64)(H,54,65)(H,55,66)(H,56,67)(H,57,68)(H,58,69)/t33-,34-,35-,36+/m0/s1. The summed E-state index contributed by atoms with van der Waals surface area (Å²) in [5, 5.41) is 38.8. The molecule has 0 radical (unpaired) electrons. The molecule has 1 aromatic heterocycles. The molecule has 6 rings (SSSR count). The Bertz CT molecular complexity index is 2600. The molecule has 2 aliphatic rings. The highest BCUT2D eigenvalue weighted by Gasteiger charge is 2.37. The van der Waals surface area contributed by atoms with E-state index in [1.807, 2.05) is 12.1 Å². The first kappa shape index (κ1) is 54.7. The molecule has 21 nitrogen and oxygen atoms in total. The summed E-state index contributed by atoms with van der Waals surface area (Å²) in [6, 6.07) is 16.0. The molecule has 0 aliphatic carbocycles. The summed E-state index contributed by atoms with van der Waals surface area (Å²) in [5.74, 6) is -0.977. The van der Waals surface area contributed by atoms with Crippen LogP contribution < -0.4 is 41.7 Å². The number of carbonyl (C=O) groups is 6. The number of piperidine rings is 2. The van der Waals surface area contributed by atoms with Crippen LogP contribution in [0.4, 0.5) is 42.2 Å². The van der Waals surface area contributed by atoms with Gasteiger partial charge in [-0.2, -0.15) is 0 Å². The Hall–Kier alpha value is -7.58. The van der Waals surface area contributed by atoms with Crippen molar-refractivity contribution in [2.75, 3.05) is 46.6 Å². The van der Waals surface area contributed by atoms with Gasteiger partial charge in [0.15, 0.2) is 11.6 Å². The lowest BCUT2D eigenvalue weighted by Gasteiger charge is -2.40. The zero-order valence-electron chi connectivity index (χ0n) is 43.7. The Balaban J connectivity index is 1.34. The molecule has 7 N–H and O–H groups in total.